The average molecular weight is 320 g/mol. The van der Waals surface area contributed by atoms with Gasteiger partial charge in [-0.3, -0.25) is 9.78 Å². The van der Waals surface area contributed by atoms with E-state index in [4.69, 9.17) is 4.74 Å². The predicted octanol–water partition coefficient (Wildman–Crippen LogP) is 0.546. The van der Waals surface area contributed by atoms with Crippen LogP contribution in [0.4, 0.5) is 5.82 Å². The average Bonchev–Trinajstić information content (AvgIpc) is 2.76. The third-order valence-electron chi connectivity index (χ3n) is 5.01. The van der Waals surface area contributed by atoms with E-state index in [1.54, 1.807) is 11.1 Å². The van der Waals surface area contributed by atoms with Crippen molar-refractivity contribution in [3.8, 4) is 0 Å². The van der Waals surface area contributed by atoms with Gasteiger partial charge in [-0.25, -0.2) is 4.98 Å². The molecule has 7 nitrogen and oxygen atoms in total. The Bertz CT molecular complexity index is 581. The summed E-state index contributed by atoms with van der Waals surface area (Å²) >= 11 is 0. The third kappa shape index (κ3) is 3.03. The Hall–Kier alpha value is -1.73. The summed E-state index contributed by atoms with van der Waals surface area (Å²) in [4.78, 5) is 24.9. The molecule has 3 heterocycles. The fourth-order valence-corrected chi connectivity index (χ4v) is 2.99. The van der Waals surface area contributed by atoms with Crippen LogP contribution in [0.3, 0.4) is 0 Å². The molecule has 3 rings (SSSR count). The smallest absolute Gasteiger partial charge is 0.274 e. The van der Waals surface area contributed by atoms with Crippen molar-refractivity contribution in [1.29, 1.82) is 0 Å². The van der Waals surface area contributed by atoms with Gasteiger partial charge in [0, 0.05) is 31.6 Å². The van der Waals surface area contributed by atoms with Gasteiger partial charge in [0.2, 0.25) is 0 Å². The van der Waals surface area contributed by atoms with Gasteiger partial charge in [-0.15, -0.1) is 0 Å². The second-order valence-electron chi connectivity index (χ2n) is 7.18. The van der Waals surface area contributed by atoms with Crippen molar-refractivity contribution in [2.75, 3.05) is 44.3 Å². The number of β-amino-alcohol motifs (C(OH)–C–C–N with tert-alkyl or cyclic N) is 1. The zero-order valence-corrected chi connectivity index (χ0v) is 13.9. The fourth-order valence-electron chi connectivity index (χ4n) is 2.99. The molecule has 1 atom stereocenters. The molecule has 23 heavy (non-hydrogen) atoms. The lowest BCUT2D eigenvalue weighted by Gasteiger charge is -2.30. The van der Waals surface area contributed by atoms with Crippen molar-refractivity contribution < 1.29 is 14.6 Å². The highest BCUT2D eigenvalue weighted by Crippen LogP contribution is 2.39. The normalized spacial score (nSPS) is 27.3. The molecule has 0 radical (unpaired) electrons. The van der Waals surface area contributed by atoms with Gasteiger partial charge in [0.25, 0.3) is 5.91 Å². The lowest BCUT2D eigenvalue weighted by Crippen LogP contribution is -2.41. The van der Waals surface area contributed by atoms with E-state index in [9.17, 15) is 9.90 Å². The first-order valence-corrected chi connectivity index (χ1v) is 7.97. The van der Waals surface area contributed by atoms with Gasteiger partial charge in [-0.05, 0) is 6.92 Å². The number of hydrogen-bond acceptors (Lipinski definition) is 6. The van der Waals surface area contributed by atoms with Crippen molar-refractivity contribution in [3.05, 3.63) is 18.1 Å². The van der Waals surface area contributed by atoms with Crippen molar-refractivity contribution >= 4 is 11.7 Å². The molecule has 1 aromatic rings. The van der Waals surface area contributed by atoms with E-state index in [0.717, 1.165) is 0 Å². The number of aliphatic hydroxyl groups is 1. The fraction of sp³-hybridized carbons (Fsp3) is 0.688. The molecule has 2 fully saturated rings. The number of nitrogens with zero attached hydrogens (tertiary/aromatic N) is 4. The summed E-state index contributed by atoms with van der Waals surface area (Å²) in [6, 6.07) is 0. The first-order chi connectivity index (χ1) is 10.8. The predicted molar refractivity (Wildman–Crippen MR) is 85.4 cm³/mol. The summed E-state index contributed by atoms with van der Waals surface area (Å²) in [5.74, 6) is 0.517. The maximum Gasteiger partial charge on any atom is 0.274 e. The van der Waals surface area contributed by atoms with Crippen LogP contribution in [0.25, 0.3) is 0 Å². The summed E-state index contributed by atoms with van der Waals surface area (Å²) < 4.78 is 5.27. The number of carbonyl (C=O) groups excluding carboxylic acids is 1. The van der Waals surface area contributed by atoms with Gasteiger partial charge >= 0.3 is 0 Å². The van der Waals surface area contributed by atoms with Gasteiger partial charge in [0.1, 0.15) is 11.5 Å². The number of ether oxygens (including phenoxy) is 1. The lowest BCUT2D eigenvalue weighted by molar-refractivity contribution is -0.00891. The topological polar surface area (TPSA) is 78.8 Å². The highest BCUT2D eigenvalue weighted by Gasteiger charge is 2.48. The minimum absolute atomic E-state index is 0.118. The second kappa shape index (κ2) is 5.72. The zero-order valence-electron chi connectivity index (χ0n) is 13.9. The first-order valence-electron chi connectivity index (χ1n) is 7.97. The molecule has 0 aliphatic carbocycles. The first kappa shape index (κ1) is 16.1. The molecule has 0 bridgehead atoms. The molecule has 7 heteroatoms. The van der Waals surface area contributed by atoms with Gasteiger partial charge in [0.15, 0.2) is 0 Å². The van der Waals surface area contributed by atoms with Crippen LogP contribution >= 0.6 is 0 Å². The Morgan fingerprint density at radius 3 is 2.52 bits per heavy atom. The minimum Gasteiger partial charge on any atom is -0.388 e. The Morgan fingerprint density at radius 1 is 1.22 bits per heavy atom. The minimum atomic E-state index is -0.807. The van der Waals surface area contributed by atoms with Crippen LogP contribution in [0.2, 0.25) is 0 Å². The van der Waals surface area contributed by atoms with Crippen LogP contribution in [0.15, 0.2) is 12.4 Å². The van der Waals surface area contributed by atoms with E-state index in [0.29, 0.717) is 50.9 Å². The molecule has 1 amide bonds. The summed E-state index contributed by atoms with van der Waals surface area (Å²) in [6.45, 7) is 9.32. The Labute approximate surface area is 136 Å². The van der Waals surface area contributed by atoms with Crippen LogP contribution in [-0.4, -0.2) is 70.9 Å². The molecule has 0 unspecified atom stereocenters. The second-order valence-corrected chi connectivity index (χ2v) is 7.18. The van der Waals surface area contributed by atoms with Crippen LogP contribution in [0, 0.1) is 5.41 Å². The molecule has 2 aliphatic rings. The molecule has 1 aromatic heterocycles. The monoisotopic (exact) mass is 320 g/mol. The molecule has 2 saturated heterocycles. The number of anilines is 1. The van der Waals surface area contributed by atoms with Gasteiger partial charge in [-0.2, -0.15) is 0 Å². The number of amides is 1. The van der Waals surface area contributed by atoms with Gasteiger partial charge < -0.3 is 19.6 Å². The van der Waals surface area contributed by atoms with E-state index >= 15 is 0 Å². The van der Waals surface area contributed by atoms with Gasteiger partial charge in [-0.1, -0.05) is 13.8 Å². The Morgan fingerprint density at radius 2 is 1.91 bits per heavy atom. The standard InChI is InChI=1S/C16H24N4O3/c1-15(2)10-20(11-16(15,3)22)13-9-17-8-12(18-13)14(21)19-4-6-23-7-5-19/h8-9,22H,4-7,10-11H2,1-3H3/t16-/m0/s1. The van der Waals surface area contributed by atoms with Crippen molar-refractivity contribution in [3.63, 3.8) is 0 Å². The molecule has 0 aromatic carbocycles. The third-order valence-corrected chi connectivity index (χ3v) is 5.01. The van der Waals surface area contributed by atoms with Crippen molar-refractivity contribution in [2.45, 2.75) is 26.4 Å². The Kier molecular flexibility index (Phi) is 4.01. The molecule has 2 aliphatic heterocycles. The summed E-state index contributed by atoms with van der Waals surface area (Å²) in [7, 11) is 0. The quantitative estimate of drug-likeness (QED) is 0.857. The lowest BCUT2D eigenvalue weighted by atomic mass is 9.79. The molecule has 126 valence electrons. The van der Waals surface area contributed by atoms with E-state index in [2.05, 4.69) is 9.97 Å². The summed E-state index contributed by atoms with van der Waals surface area (Å²) in [5.41, 5.74) is -0.716. The Balaban J connectivity index is 1.79. The van der Waals surface area contributed by atoms with Crippen molar-refractivity contribution in [1.82, 2.24) is 14.9 Å². The number of rotatable bonds is 2. The van der Waals surface area contributed by atoms with E-state index in [1.807, 2.05) is 25.7 Å². The SMILES string of the molecule is CC1(C)CN(c2cncc(C(=O)N3CCOCC3)n2)C[C@]1(C)O. The largest absolute Gasteiger partial charge is 0.388 e. The van der Waals surface area contributed by atoms with E-state index < -0.39 is 5.60 Å². The van der Waals surface area contributed by atoms with Crippen LogP contribution in [0.1, 0.15) is 31.3 Å². The van der Waals surface area contributed by atoms with Crippen LogP contribution < -0.4 is 4.90 Å². The summed E-state index contributed by atoms with van der Waals surface area (Å²) in [6.07, 6.45) is 3.15. The maximum absolute atomic E-state index is 12.5. The number of hydrogen-bond donors (Lipinski definition) is 1. The van der Waals surface area contributed by atoms with E-state index in [-0.39, 0.29) is 11.3 Å². The molecular formula is C16H24N4O3. The molecular weight excluding hydrogens is 296 g/mol. The summed E-state index contributed by atoms with van der Waals surface area (Å²) in [5, 5.41) is 10.6. The van der Waals surface area contributed by atoms with Crippen LogP contribution in [-0.2, 0) is 4.74 Å². The number of morpholine rings is 1. The van der Waals surface area contributed by atoms with Crippen molar-refractivity contribution in [2.24, 2.45) is 5.41 Å². The number of aromatic nitrogens is 2. The highest BCUT2D eigenvalue weighted by molar-refractivity contribution is 5.92. The molecule has 1 N–H and O–H groups in total. The molecule has 0 spiro atoms. The zero-order chi connectivity index (χ0) is 16.7. The number of carbonyl (C=O) groups is 1. The van der Waals surface area contributed by atoms with Crippen LogP contribution in [0.5, 0.6) is 0 Å². The van der Waals surface area contributed by atoms with Gasteiger partial charge in [0.05, 0.1) is 31.2 Å². The van der Waals surface area contributed by atoms with E-state index in [1.165, 1.54) is 6.20 Å². The maximum atomic E-state index is 12.5. The highest BCUT2D eigenvalue weighted by atomic mass is 16.5. The molecule has 0 saturated carbocycles.